The summed E-state index contributed by atoms with van der Waals surface area (Å²) in [7, 11) is 0. The van der Waals surface area contributed by atoms with Crippen LogP contribution in [0.15, 0.2) is 28.7 Å². The summed E-state index contributed by atoms with van der Waals surface area (Å²) in [5, 5.41) is 7.72. The summed E-state index contributed by atoms with van der Waals surface area (Å²) >= 11 is 0. The molecule has 2 N–H and O–H groups in total. The predicted molar refractivity (Wildman–Crippen MR) is 63.4 cm³/mol. The van der Waals surface area contributed by atoms with Gasteiger partial charge in [-0.2, -0.15) is 0 Å². The van der Waals surface area contributed by atoms with E-state index in [1.165, 1.54) is 0 Å². The molecule has 2 rings (SSSR count). The van der Waals surface area contributed by atoms with Gasteiger partial charge in [0, 0.05) is 5.56 Å². The normalized spacial score (nSPS) is 10.8. The van der Waals surface area contributed by atoms with Crippen molar-refractivity contribution in [3.8, 4) is 17.2 Å². The van der Waals surface area contributed by atoms with E-state index >= 15 is 0 Å². The molecule has 1 aromatic carbocycles. The van der Waals surface area contributed by atoms with Crippen LogP contribution in [0.2, 0.25) is 0 Å². The van der Waals surface area contributed by atoms with Crippen molar-refractivity contribution >= 4 is 0 Å². The monoisotopic (exact) mass is 233 g/mol. The third-order valence-electron chi connectivity index (χ3n) is 2.11. The Hall–Kier alpha value is -1.88. The molecule has 0 saturated carbocycles. The van der Waals surface area contributed by atoms with Crippen LogP contribution in [0.5, 0.6) is 5.75 Å². The van der Waals surface area contributed by atoms with E-state index in [9.17, 15) is 0 Å². The molecule has 0 saturated heterocycles. The van der Waals surface area contributed by atoms with E-state index in [-0.39, 0.29) is 12.6 Å². The van der Waals surface area contributed by atoms with Gasteiger partial charge in [-0.15, -0.1) is 10.2 Å². The summed E-state index contributed by atoms with van der Waals surface area (Å²) < 4.78 is 10.9. The first-order chi connectivity index (χ1) is 8.19. The second-order valence-electron chi connectivity index (χ2n) is 3.90. The van der Waals surface area contributed by atoms with Gasteiger partial charge in [0.2, 0.25) is 11.8 Å². The lowest BCUT2D eigenvalue weighted by molar-refractivity contribution is 0.242. The summed E-state index contributed by atoms with van der Waals surface area (Å²) in [6.45, 7) is 4.22. The number of ether oxygens (including phenoxy) is 1. The van der Waals surface area contributed by atoms with Crippen molar-refractivity contribution < 1.29 is 9.15 Å². The first kappa shape index (κ1) is 11.6. The zero-order valence-corrected chi connectivity index (χ0v) is 9.88. The van der Waals surface area contributed by atoms with Gasteiger partial charge in [0.15, 0.2) is 0 Å². The molecule has 0 aliphatic carbocycles. The topological polar surface area (TPSA) is 74.2 Å². The van der Waals surface area contributed by atoms with Gasteiger partial charge in [-0.1, -0.05) is 0 Å². The van der Waals surface area contributed by atoms with E-state index in [2.05, 4.69) is 10.2 Å². The lowest BCUT2D eigenvalue weighted by Crippen LogP contribution is -2.05. The van der Waals surface area contributed by atoms with E-state index in [1.54, 1.807) is 0 Å². The van der Waals surface area contributed by atoms with Crippen molar-refractivity contribution in [2.24, 2.45) is 5.73 Å². The van der Waals surface area contributed by atoms with Crippen molar-refractivity contribution in [2.75, 3.05) is 0 Å². The third-order valence-corrected chi connectivity index (χ3v) is 2.11. The molecule has 0 atom stereocenters. The Labute approximate surface area is 99.6 Å². The molecule has 0 fully saturated rings. The number of rotatable bonds is 4. The first-order valence-corrected chi connectivity index (χ1v) is 5.48. The molecular formula is C12H15N3O2. The number of benzene rings is 1. The van der Waals surface area contributed by atoms with Gasteiger partial charge in [0.05, 0.1) is 12.6 Å². The lowest BCUT2D eigenvalue weighted by atomic mass is 10.2. The largest absolute Gasteiger partial charge is 0.491 e. The average Bonchev–Trinajstić information content (AvgIpc) is 2.78. The maximum atomic E-state index is 5.54. The number of nitrogens with zero attached hydrogens (tertiary/aromatic N) is 2. The molecule has 0 radical (unpaired) electrons. The Balaban J connectivity index is 2.17. The summed E-state index contributed by atoms with van der Waals surface area (Å²) in [5.41, 5.74) is 6.26. The van der Waals surface area contributed by atoms with Crippen LogP contribution in [0.1, 0.15) is 19.7 Å². The van der Waals surface area contributed by atoms with E-state index in [4.69, 9.17) is 14.9 Å². The lowest BCUT2D eigenvalue weighted by Gasteiger charge is -2.09. The van der Waals surface area contributed by atoms with E-state index in [1.807, 2.05) is 38.1 Å². The fourth-order valence-electron chi connectivity index (χ4n) is 1.40. The molecule has 0 aliphatic heterocycles. The van der Waals surface area contributed by atoms with Crippen molar-refractivity contribution in [2.45, 2.75) is 26.5 Å². The Kier molecular flexibility index (Phi) is 3.39. The predicted octanol–water partition coefficient (Wildman–Crippen LogP) is 1.98. The number of hydrogen-bond donors (Lipinski definition) is 1. The fraction of sp³-hybridized carbons (Fsp3) is 0.333. The molecule has 0 amide bonds. The highest BCUT2D eigenvalue weighted by Gasteiger charge is 2.07. The maximum absolute atomic E-state index is 5.54. The molecule has 1 heterocycles. The molecule has 0 unspecified atom stereocenters. The van der Waals surface area contributed by atoms with Crippen LogP contribution in [-0.2, 0) is 6.54 Å². The Bertz CT molecular complexity index is 477. The van der Waals surface area contributed by atoms with E-state index in [0.717, 1.165) is 11.3 Å². The zero-order valence-electron chi connectivity index (χ0n) is 9.88. The van der Waals surface area contributed by atoms with Gasteiger partial charge in [-0.25, -0.2) is 0 Å². The number of nitrogens with two attached hydrogens (primary N) is 1. The molecule has 5 heteroatoms. The third kappa shape index (κ3) is 2.82. The Morgan fingerprint density at radius 3 is 2.47 bits per heavy atom. The molecule has 90 valence electrons. The van der Waals surface area contributed by atoms with Crippen LogP contribution in [-0.4, -0.2) is 16.3 Å². The van der Waals surface area contributed by atoms with Gasteiger partial charge in [-0.3, -0.25) is 0 Å². The van der Waals surface area contributed by atoms with E-state index in [0.29, 0.717) is 11.8 Å². The second kappa shape index (κ2) is 4.97. The fourth-order valence-corrected chi connectivity index (χ4v) is 1.40. The Morgan fingerprint density at radius 1 is 1.24 bits per heavy atom. The minimum absolute atomic E-state index is 0.160. The van der Waals surface area contributed by atoms with Crippen LogP contribution >= 0.6 is 0 Å². The highest BCUT2D eigenvalue weighted by Crippen LogP contribution is 2.21. The maximum Gasteiger partial charge on any atom is 0.247 e. The van der Waals surface area contributed by atoms with Gasteiger partial charge >= 0.3 is 0 Å². The SMILES string of the molecule is CC(C)Oc1ccc(-c2nnc(CN)o2)cc1. The zero-order chi connectivity index (χ0) is 12.3. The van der Waals surface area contributed by atoms with Crippen LogP contribution in [0, 0.1) is 0 Å². The van der Waals surface area contributed by atoms with E-state index < -0.39 is 0 Å². The average molecular weight is 233 g/mol. The van der Waals surface area contributed by atoms with Gasteiger partial charge in [0.25, 0.3) is 0 Å². The molecular weight excluding hydrogens is 218 g/mol. The molecule has 0 spiro atoms. The second-order valence-corrected chi connectivity index (χ2v) is 3.90. The van der Waals surface area contributed by atoms with Crippen molar-refractivity contribution in [1.82, 2.24) is 10.2 Å². The molecule has 5 nitrogen and oxygen atoms in total. The van der Waals surface area contributed by atoms with Gasteiger partial charge in [-0.05, 0) is 38.1 Å². The first-order valence-electron chi connectivity index (χ1n) is 5.48. The van der Waals surface area contributed by atoms with Gasteiger partial charge < -0.3 is 14.9 Å². The highest BCUT2D eigenvalue weighted by molar-refractivity contribution is 5.53. The number of aromatic nitrogens is 2. The molecule has 17 heavy (non-hydrogen) atoms. The molecule has 1 aromatic heterocycles. The van der Waals surface area contributed by atoms with Crippen molar-refractivity contribution in [1.29, 1.82) is 0 Å². The number of hydrogen-bond acceptors (Lipinski definition) is 5. The molecule has 0 aliphatic rings. The summed E-state index contributed by atoms with van der Waals surface area (Å²) in [6.07, 6.45) is 0.160. The summed E-state index contributed by atoms with van der Waals surface area (Å²) in [4.78, 5) is 0. The van der Waals surface area contributed by atoms with Crippen molar-refractivity contribution in [3.63, 3.8) is 0 Å². The standard InChI is InChI=1S/C12H15N3O2/c1-8(2)16-10-5-3-9(4-6-10)12-15-14-11(7-13)17-12/h3-6,8H,7,13H2,1-2H3. The van der Waals surface area contributed by atoms with Crippen LogP contribution in [0.25, 0.3) is 11.5 Å². The quantitative estimate of drug-likeness (QED) is 0.874. The summed E-state index contributed by atoms with van der Waals surface area (Å²) in [5.74, 6) is 1.73. The Morgan fingerprint density at radius 2 is 1.94 bits per heavy atom. The van der Waals surface area contributed by atoms with Crippen LogP contribution in [0.3, 0.4) is 0 Å². The highest BCUT2D eigenvalue weighted by atomic mass is 16.5. The van der Waals surface area contributed by atoms with Crippen LogP contribution < -0.4 is 10.5 Å². The minimum atomic E-state index is 0.160. The molecule has 0 bridgehead atoms. The smallest absolute Gasteiger partial charge is 0.247 e. The van der Waals surface area contributed by atoms with Gasteiger partial charge in [0.1, 0.15) is 5.75 Å². The molecule has 2 aromatic rings. The van der Waals surface area contributed by atoms with Crippen molar-refractivity contribution in [3.05, 3.63) is 30.2 Å². The minimum Gasteiger partial charge on any atom is -0.491 e. The summed E-state index contributed by atoms with van der Waals surface area (Å²) in [6, 6.07) is 7.51. The van der Waals surface area contributed by atoms with Crippen LogP contribution in [0.4, 0.5) is 0 Å².